The number of carbonyl (C=O) groups is 4. The lowest BCUT2D eigenvalue weighted by atomic mass is 9.79. The standard InChI is InChI=1S/C44H60N8O9S2/c1-6-63(58,59)51(4)24-35(27-13-12-14-27)48-42(57)47-32-16-11-9-7-8-10-15-28-22-44(28,41(55)56)50-39(53)37-20-30(23-52(37)40(32)54)61-38-21-34(36-25-62-43(49-36)45-26(2)3)46-33-19-29(60-5)17-18-31(33)38/h10,15,17-19,21,25-28,30,32,35,37H,6-9,11-14,16,20,22-24H2,1-5H3,(H,45,49)(H,50,53)(H,55,56)(H2,47,48,57)/t28?,30-,32+,35-,37+,44-/m1/s1. The van der Waals surface area contributed by atoms with Crippen molar-refractivity contribution in [2.75, 3.05) is 38.3 Å². The van der Waals surface area contributed by atoms with Gasteiger partial charge in [-0.2, -0.15) is 0 Å². The molecule has 3 fully saturated rings. The lowest BCUT2D eigenvalue weighted by molar-refractivity contribution is -0.145. The molecule has 1 aromatic carbocycles. The number of sulfonamides is 1. The highest BCUT2D eigenvalue weighted by atomic mass is 32.2. The number of carboxylic acid groups (broad SMARTS) is 1. The summed E-state index contributed by atoms with van der Waals surface area (Å²) in [6.45, 7) is 5.69. The third-order valence-corrected chi connectivity index (χ3v) is 15.3. The highest BCUT2D eigenvalue weighted by molar-refractivity contribution is 7.89. The Morgan fingerprint density at radius 1 is 1.10 bits per heavy atom. The van der Waals surface area contributed by atoms with Crippen LogP contribution in [0.25, 0.3) is 22.3 Å². The number of carboxylic acids is 1. The number of nitrogens with zero attached hydrogens (tertiary/aromatic N) is 4. The number of allylic oxidation sites excluding steroid dienone is 1. The van der Waals surface area contributed by atoms with E-state index in [-0.39, 0.29) is 50.1 Å². The molecule has 4 amide bonds. The van der Waals surface area contributed by atoms with Crippen LogP contribution < -0.4 is 30.7 Å². The van der Waals surface area contributed by atoms with Crippen LogP contribution in [0.5, 0.6) is 11.5 Å². The van der Waals surface area contributed by atoms with E-state index in [1.807, 2.05) is 37.4 Å². The average molecular weight is 909 g/mol. The number of benzene rings is 1. The fourth-order valence-electron chi connectivity index (χ4n) is 8.70. The molecule has 7 rings (SSSR count). The smallest absolute Gasteiger partial charge is 0.330 e. The molecule has 17 nitrogen and oxygen atoms in total. The Bertz CT molecular complexity index is 2320. The number of ether oxygens (including phenoxy) is 2. The van der Waals surface area contributed by atoms with Gasteiger partial charge < -0.3 is 40.7 Å². The summed E-state index contributed by atoms with van der Waals surface area (Å²) < 4.78 is 38.9. The number of thiazole rings is 1. The number of amides is 4. The first kappa shape index (κ1) is 46.0. The van der Waals surface area contributed by atoms with Crippen LogP contribution in [-0.2, 0) is 24.4 Å². The van der Waals surface area contributed by atoms with Crippen molar-refractivity contribution in [3.8, 4) is 22.9 Å². The number of likely N-dealkylation sites (N-methyl/N-ethyl adjacent to an activating group) is 1. The Morgan fingerprint density at radius 2 is 1.89 bits per heavy atom. The summed E-state index contributed by atoms with van der Waals surface area (Å²) >= 11 is 1.45. The van der Waals surface area contributed by atoms with Gasteiger partial charge in [0.1, 0.15) is 40.9 Å². The number of hydrogen-bond donors (Lipinski definition) is 5. The first-order valence-electron chi connectivity index (χ1n) is 22.0. The summed E-state index contributed by atoms with van der Waals surface area (Å²) in [7, 11) is -0.433. The Balaban J connectivity index is 1.19. The Labute approximate surface area is 372 Å². The van der Waals surface area contributed by atoms with Crippen LogP contribution in [0, 0.1) is 11.8 Å². The number of carbonyl (C=O) groups excluding carboxylic acids is 3. The van der Waals surface area contributed by atoms with Gasteiger partial charge >= 0.3 is 12.0 Å². The fourth-order valence-corrected chi connectivity index (χ4v) is 10.4. The topological polar surface area (TPSA) is 221 Å². The molecule has 19 heteroatoms. The van der Waals surface area contributed by atoms with Crippen LogP contribution in [0.3, 0.4) is 0 Å². The van der Waals surface area contributed by atoms with Crippen LogP contribution in [0.4, 0.5) is 9.93 Å². The fraction of sp³-hybridized carbons (Fsp3) is 0.591. The number of nitrogens with one attached hydrogen (secondary N) is 4. The van der Waals surface area contributed by atoms with Gasteiger partial charge in [0.2, 0.25) is 21.8 Å². The molecule has 2 saturated carbocycles. The maximum absolute atomic E-state index is 14.9. The molecule has 5 N–H and O–H groups in total. The second kappa shape index (κ2) is 19.4. The van der Waals surface area contributed by atoms with Crippen molar-refractivity contribution in [3.05, 3.63) is 41.8 Å². The highest BCUT2D eigenvalue weighted by Gasteiger charge is 2.61. The van der Waals surface area contributed by atoms with Crippen molar-refractivity contribution >= 4 is 61.2 Å². The van der Waals surface area contributed by atoms with Crippen molar-refractivity contribution < 1.29 is 42.2 Å². The number of fused-ring (bicyclic) bond motifs is 3. The SMILES string of the molecule is CCS(=O)(=O)N(C)C[C@@H](NC(=O)N[C@H]1CCCCCC=CC2C[C@@]2(C(=O)O)NC(=O)[C@@H]2C[C@@H](Oc3cc(-c4csc(NC(C)C)n4)nc4cc(OC)ccc34)CN2C1=O)C1CCC1. The van der Waals surface area contributed by atoms with Crippen LogP contribution in [0.2, 0.25) is 0 Å². The predicted octanol–water partition coefficient (Wildman–Crippen LogP) is 5.13. The Morgan fingerprint density at radius 3 is 2.59 bits per heavy atom. The van der Waals surface area contributed by atoms with Crippen molar-refractivity contribution in [2.24, 2.45) is 11.8 Å². The van der Waals surface area contributed by atoms with E-state index in [9.17, 15) is 32.7 Å². The molecule has 1 unspecified atom stereocenters. The zero-order valence-corrected chi connectivity index (χ0v) is 38.2. The normalized spacial score (nSPS) is 25.0. The highest BCUT2D eigenvalue weighted by Crippen LogP contribution is 2.46. The number of aromatic nitrogens is 2. The Hall–Kier alpha value is -5.01. The second-order valence-corrected chi connectivity index (χ2v) is 20.7. The monoisotopic (exact) mass is 908 g/mol. The number of anilines is 1. The van der Waals surface area contributed by atoms with Crippen molar-refractivity contribution in [3.63, 3.8) is 0 Å². The summed E-state index contributed by atoms with van der Waals surface area (Å²) in [6.07, 6.45) is 9.15. The molecule has 2 aromatic heterocycles. The largest absolute Gasteiger partial charge is 0.497 e. The van der Waals surface area contributed by atoms with Gasteiger partial charge in [-0.25, -0.2) is 32.3 Å². The zero-order chi connectivity index (χ0) is 45.1. The van der Waals surface area contributed by atoms with Gasteiger partial charge in [-0.1, -0.05) is 31.4 Å². The molecule has 6 atom stereocenters. The van der Waals surface area contributed by atoms with Gasteiger partial charge in [0.25, 0.3) is 0 Å². The molecule has 2 aliphatic heterocycles. The number of urea groups is 1. The summed E-state index contributed by atoms with van der Waals surface area (Å²) in [6, 6.07) is 4.15. The molecule has 2 aliphatic carbocycles. The van der Waals surface area contributed by atoms with Gasteiger partial charge in [0, 0.05) is 60.9 Å². The van der Waals surface area contributed by atoms with Crippen molar-refractivity contribution in [2.45, 2.75) is 121 Å². The van der Waals surface area contributed by atoms with Crippen molar-refractivity contribution in [1.29, 1.82) is 0 Å². The van der Waals surface area contributed by atoms with E-state index in [2.05, 4.69) is 21.3 Å². The van der Waals surface area contributed by atoms with E-state index in [4.69, 9.17) is 19.4 Å². The van der Waals surface area contributed by atoms with Crippen LogP contribution in [0.1, 0.15) is 85.0 Å². The minimum Gasteiger partial charge on any atom is -0.497 e. The van der Waals surface area contributed by atoms with E-state index in [0.29, 0.717) is 46.6 Å². The van der Waals surface area contributed by atoms with Crippen molar-refractivity contribution in [1.82, 2.24) is 35.1 Å². The van der Waals surface area contributed by atoms with Crippen LogP contribution in [-0.4, -0.2) is 125 Å². The summed E-state index contributed by atoms with van der Waals surface area (Å²) in [5, 5.41) is 25.7. The number of hydrogen-bond acceptors (Lipinski definition) is 12. The molecular formula is C44H60N8O9S2. The first-order valence-corrected chi connectivity index (χ1v) is 24.5. The zero-order valence-electron chi connectivity index (χ0n) is 36.6. The summed E-state index contributed by atoms with van der Waals surface area (Å²) in [5.74, 6) is -1.60. The number of pyridine rings is 1. The Kier molecular flexibility index (Phi) is 14.2. The van der Waals surface area contributed by atoms with Gasteiger partial charge in [0.15, 0.2) is 5.13 Å². The van der Waals surface area contributed by atoms with Gasteiger partial charge in [-0.3, -0.25) is 9.59 Å². The second-order valence-electron chi connectivity index (χ2n) is 17.5. The number of aliphatic carboxylic acids is 1. The van der Waals surface area contributed by atoms with Gasteiger partial charge in [-0.15, -0.1) is 11.3 Å². The third-order valence-electron chi connectivity index (χ3n) is 12.7. The molecule has 4 aliphatic rings. The van der Waals surface area contributed by atoms with E-state index >= 15 is 0 Å². The lowest BCUT2D eigenvalue weighted by Crippen LogP contribution is -2.59. The molecule has 0 spiro atoms. The van der Waals surface area contributed by atoms with E-state index in [1.165, 1.54) is 27.6 Å². The number of methoxy groups -OCH3 is 1. The summed E-state index contributed by atoms with van der Waals surface area (Å²) in [5.41, 5.74) is 0.259. The average Bonchev–Trinajstić information content (AvgIpc) is 3.48. The lowest BCUT2D eigenvalue weighted by Gasteiger charge is -2.36. The van der Waals surface area contributed by atoms with E-state index in [0.717, 1.165) is 37.2 Å². The molecule has 3 aromatic rings. The quantitative estimate of drug-likeness (QED) is 0.133. The maximum atomic E-state index is 14.9. The van der Waals surface area contributed by atoms with E-state index in [1.54, 1.807) is 32.2 Å². The van der Waals surface area contributed by atoms with Crippen LogP contribution >= 0.6 is 11.3 Å². The molecule has 0 radical (unpaired) electrons. The maximum Gasteiger partial charge on any atom is 0.330 e. The molecular weight excluding hydrogens is 849 g/mol. The number of rotatable bonds is 14. The first-order chi connectivity index (χ1) is 30.1. The molecule has 342 valence electrons. The molecule has 1 saturated heterocycles. The minimum absolute atomic E-state index is 0.0288. The minimum atomic E-state index is -3.51. The van der Waals surface area contributed by atoms with Gasteiger partial charge in [0.05, 0.1) is 30.6 Å². The van der Waals surface area contributed by atoms with Crippen LogP contribution in [0.15, 0.2) is 41.8 Å². The molecule has 63 heavy (non-hydrogen) atoms. The van der Waals surface area contributed by atoms with E-state index < -0.39 is 69.5 Å². The third kappa shape index (κ3) is 10.5. The predicted molar refractivity (Wildman–Crippen MR) is 240 cm³/mol. The molecule has 4 heterocycles. The van der Waals surface area contributed by atoms with Gasteiger partial charge in [-0.05, 0) is 77.3 Å². The summed E-state index contributed by atoms with van der Waals surface area (Å²) in [4.78, 5) is 66.9. The molecule has 0 bridgehead atoms.